The minimum Gasteiger partial charge on any atom is -0.394 e. The monoisotopic (exact) mass is 535 g/mol. The molecule has 2 heterocycles. The van der Waals surface area contributed by atoms with Gasteiger partial charge < -0.3 is 67.2 Å². The standard InChI is InChI=1S/C22H41N5O10/c1-8(29)26-6-10-3-4-13(27-9(2)30)21(34-10)36-19-11(23)5-12(24)20(18(19)33)37-22-17(32)15(25)16(31)14(7-28)35-22/h10-22,28,31-33H,3-7,23-25H2,1-2H3,(H,26,29)(H,27,30)/t10-,11-,12+,13+,14+,15-,16+,17+,18-,19+,20-,21+,22+/m0/s1. The number of hydrogen-bond donors (Lipinski definition) is 9. The predicted octanol–water partition coefficient (Wildman–Crippen LogP) is -4.91. The van der Waals surface area contributed by atoms with Crippen LogP contribution < -0.4 is 27.8 Å². The number of nitrogens with two attached hydrogens (primary N) is 3. The van der Waals surface area contributed by atoms with Gasteiger partial charge in [-0.15, -0.1) is 0 Å². The van der Waals surface area contributed by atoms with Crippen molar-refractivity contribution in [1.82, 2.24) is 10.6 Å². The molecule has 0 bridgehead atoms. The first-order valence-electron chi connectivity index (χ1n) is 12.5. The molecular weight excluding hydrogens is 494 g/mol. The number of rotatable bonds is 8. The lowest BCUT2D eigenvalue weighted by Crippen LogP contribution is -2.68. The van der Waals surface area contributed by atoms with E-state index < -0.39 is 80.0 Å². The molecule has 12 N–H and O–H groups in total. The number of hydrogen-bond acceptors (Lipinski definition) is 13. The largest absolute Gasteiger partial charge is 0.394 e. The second-order valence-corrected chi connectivity index (χ2v) is 9.99. The van der Waals surface area contributed by atoms with E-state index >= 15 is 0 Å². The minimum absolute atomic E-state index is 0.167. The SMILES string of the molecule is CC(=O)NC[C@@H]1CC[C@@H](NC(C)=O)[C@@H](O[C@H]2[C@H](O)[C@@H](O[C@H]3O[C@H](CO)[C@@H](O)[C@H](N)[C@H]3O)[C@H](N)C[C@@H]2N)O1. The molecule has 13 atom stereocenters. The van der Waals surface area contributed by atoms with Crippen LogP contribution in [0.3, 0.4) is 0 Å². The molecule has 0 spiro atoms. The number of aliphatic hydroxyl groups is 4. The van der Waals surface area contributed by atoms with Crippen LogP contribution in [0.15, 0.2) is 0 Å². The van der Waals surface area contributed by atoms with Crippen molar-refractivity contribution in [3.05, 3.63) is 0 Å². The Morgan fingerprint density at radius 1 is 0.892 bits per heavy atom. The molecule has 1 aliphatic carbocycles. The van der Waals surface area contributed by atoms with E-state index in [0.717, 1.165) is 0 Å². The number of carbonyl (C=O) groups excluding carboxylic acids is 2. The summed E-state index contributed by atoms with van der Waals surface area (Å²) in [4.78, 5) is 23.1. The molecule has 3 rings (SSSR count). The molecular formula is C22H41N5O10. The summed E-state index contributed by atoms with van der Waals surface area (Å²) in [5.74, 6) is -0.508. The van der Waals surface area contributed by atoms with Crippen molar-refractivity contribution in [2.45, 2.75) is 113 Å². The highest BCUT2D eigenvalue weighted by Gasteiger charge is 2.50. The zero-order valence-corrected chi connectivity index (χ0v) is 21.0. The van der Waals surface area contributed by atoms with Crippen LogP contribution >= 0.6 is 0 Å². The maximum absolute atomic E-state index is 11.7. The van der Waals surface area contributed by atoms with Gasteiger partial charge in [-0.2, -0.15) is 0 Å². The first-order chi connectivity index (χ1) is 17.4. The Labute approximate surface area is 214 Å². The lowest BCUT2D eigenvalue weighted by molar-refractivity contribution is -0.313. The maximum Gasteiger partial charge on any atom is 0.217 e. The average molecular weight is 536 g/mol. The van der Waals surface area contributed by atoms with E-state index in [4.69, 9.17) is 36.1 Å². The molecule has 15 nitrogen and oxygen atoms in total. The Morgan fingerprint density at radius 2 is 1.51 bits per heavy atom. The quantitative estimate of drug-likeness (QED) is 0.141. The number of nitrogens with one attached hydrogen (secondary N) is 2. The van der Waals surface area contributed by atoms with Gasteiger partial charge in [-0.3, -0.25) is 9.59 Å². The van der Waals surface area contributed by atoms with Crippen LogP contribution in [0.5, 0.6) is 0 Å². The van der Waals surface area contributed by atoms with E-state index in [1.54, 1.807) is 0 Å². The maximum atomic E-state index is 11.7. The fourth-order valence-corrected chi connectivity index (χ4v) is 4.97. The van der Waals surface area contributed by atoms with E-state index in [0.29, 0.717) is 12.8 Å². The normalized spacial score (nSPS) is 44.7. The molecule has 2 aliphatic heterocycles. The Hall–Kier alpha value is -1.50. The third-order valence-electron chi connectivity index (χ3n) is 7.00. The van der Waals surface area contributed by atoms with Crippen molar-refractivity contribution in [1.29, 1.82) is 0 Å². The molecule has 3 aliphatic rings. The van der Waals surface area contributed by atoms with Gasteiger partial charge in [-0.05, 0) is 19.3 Å². The van der Waals surface area contributed by atoms with Gasteiger partial charge >= 0.3 is 0 Å². The first-order valence-corrected chi connectivity index (χ1v) is 12.5. The first kappa shape index (κ1) is 30.0. The molecule has 214 valence electrons. The summed E-state index contributed by atoms with van der Waals surface area (Å²) in [5, 5.41) is 46.7. The van der Waals surface area contributed by atoms with Gasteiger partial charge in [0.05, 0.1) is 24.8 Å². The van der Waals surface area contributed by atoms with Crippen molar-refractivity contribution in [2.75, 3.05) is 13.2 Å². The summed E-state index contributed by atoms with van der Waals surface area (Å²) < 4.78 is 23.4. The molecule has 0 unspecified atom stereocenters. The number of amides is 2. The Morgan fingerprint density at radius 3 is 2.08 bits per heavy atom. The average Bonchev–Trinajstić information content (AvgIpc) is 2.83. The van der Waals surface area contributed by atoms with Crippen LogP contribution in [0.25, 0.3) is 0 Å². The summed E-state index contributed by atoms with van der Waals surface area (Å²) in [7, 11) is 0. The lowest BCUT2D eigenvalue weighted by Gasteiger charge is -2.47. The van der Waals surface area contributed by atoms with Gasteiger partial charge in [0.25, 0.3) is 0 Å². The van der Waals surface area contributed by atoms with Crippen LogP contribution in [-0.2, 0) is 28.5 Å². The van der Waals surface area contributed by atoms with Crippen LogP contribution in [0.1, 0.15) is 33.1 Å². The molecule has 2 amide bonds. The van der Waals surface area contributed by atoms with Gasteiger partial charge in [-0.25, -0.2) is 0 Å². The molecule has 0 aromatic heterocycles. The molecule has 2 saturated heterocycles. The number of aliphatic hydroxyl groups excluding tert-OH is 4. The van der Waals surface area contributed by atoms with Crippen LogP contribution in [-0.4, -0.2) is 125 Å². The second kappa shape index (κ2) is 13.0. The summed E-state index contributed by atoms with van der Waals surface area (Å²) in [6, 6.07) is -3.21. The highest BCUT2D eigenvalue weighted by molar-refractivity contribution is 5.73. The van der Waals surface area contributed by atoms with Gasteiger partial charge in [-0.1, -0.05) is 0 Å². The van der Waals surface area contributed by atoms with Gasteiger partial charge in [0.1, 0.15) is 36.6 Å². The van der Waals surface area contributed by atoms with E-state index in [9.17, 15) is 30.0 Å². The van der Waals surface area contributed by atoms with E-state index in [1.807, 2.05) is 0 Å². The van der Waals surface area contributed by atoms with E-state index in [-0.39, 0.29) is 30.9 Å². The molecule has 0 aromatic rings. The number of carbonyl (C=O) groups is 2. The molecule has 0 aromatic carbocycles. The third-order valence-corrected chi connectivity index (χ3v) is 7.00. The highest BCUT2D eigenvalue weighted by atomic mass is 16.7. The Balaban J connectivity index is 1.73. The van der Waals surface area contributed by atoms with Crippen molar-refractivity contribution < 1.29 is 49.0 Å². The fraction of sp³-hybridized carbons (Fsp3) is 0.909. The molecule has 1 saturated carbocycles. The molecule has 15 heteroatoms. The Bertz CT molecular complexity index is 778. The van der Waals surface area contributed by atoms with Gasteiger partial charge in [0.15, 0.2) is 12.6 Å². The summed E-state index contributed by atoms with van der Waals surface area (Å²) in [5.41, 5.74) is 18.3. The smallest absolute Gasteiger partial charge is 0.217 e. The lowest BCUT2D eigenvalue weighted by atomic mass is 9.84. The second-order valence-electron chi connectivity index (χ2n) is 9.99. The zero-order valence-electron chi connectivity index (χ0n) is 21.0. The summed E-state index contributed by atoms with van der Waals surface area (Å²) >= 11 is 0. The minimum atomic E-state index is -1.47. The van der Waals surface area contributed by atoms with Crippen LogP contribution in [0.2, 0.25) is 0 Å². The van der Waals surface area contributed by atoms with Gasteiger partial charge in [0.2, 0.25) is 11.8 Å². The predicted molar refractivity (Wildman–Crippen MR) is 126 cm³/mol. The number of ether oxygens (including phenoxy) is 4. The summed E-state index contributed by atoms with van der Waals surface area (Å²) in [6.07, 6.45) is -9.02. The van der Waals surface area contributed by atoms with Crippen molar-refractivity contribution in [3.8, 4) is 0 Å². The fourth-order valence-electron chi connectivity index (χ4n) is 4.97. The van der Waals surface area contributed by atoms with Crippen molar-refractivity contribution in [2.24, 2.45) is 17.2 Å². The highest BCUT2D eigenvalue weighted by Crippen LogP contribution is 2.31. The van der Waals surface area contributed by atoms with Crippen molar-refractivity contribution >= 4 is 11.8 Å². The Kier molecular flexibility index (Phi) is 10.6. The van der Waals surface area contributed by atoms with Crippen LogP contribution in [0.4, 0.5) is 0 Å². The third kappa shape index (κ3) is 7.33. The topological polar surface area (TPSA) is 254 Å². The van der Waals surface area contributed by atoms with Crippen LogP contribution in [0, 0.1) is 0 Å². The molecule has 0 radical (unpaired) electrons. The van der Waals surface area contributed by atoms with E-state index in [1.165, 1.54) is 13.8 Å². The molecule has 3 fully saturated rings. The van der Waals surface area contributed by atoms with Crippen molar-refractivity contribution in [3.63, 3.8) is 0 Å². The van der Waals surface area contributed by atoms with Gasteiger partial charge in [0, 0.05) is 32.5 Å². The zero-order chi connectivity index (χ0) is 27.4. The molecule has 37 heavy (non-hydrogen) atoms. The van der Waals surface area contributed by atoms with E-state index in [2.05, 4.69) is 10.6 Å². The summed E-state index contributed by atoms with van der Waals surface area (Å²) in [6.45, 7) is 2.43.